The van der Waals surface area contributed by atoms with Crippen molar-refractivity contribution in [3.05, 3.63) is 53.1 Å². The fourth-order valence-corrected chi connectivity index (χ4v) is 4.82. The molecule has 12 nitrogen and oxygen atoms in total. The zero-order chi connectivity index (χ0) is 28.4. The quantitative estimate of drug-likeness (QED) is 0.320. The highest BCUT2D eigenvalue weighted by Crippen LogP contribution is 2.41. The number of nitrogens with zero attached hydrogens (tertiary/aromatic N) is 2. The lowest BCUT2D eigenvalue weighted by Crippen LogP contribution is -2.50. The van der Waals surface area contributed by atoms with Crippen molar-refractivity contribution in [1.29, 1.82) is 0 Å². The number of carbonyl (C=O) groups excluding carboxylic acids is 2. The minimum Gasteiger partial charge on any atom is -0.493 e. The van der Waals surface area contributed by atoms with Gasteiger partial charge in [-0.15, -0.1) is 0 Å². The number of nitrogens with two attached hydrogens (primary N) is 1. The predicted molar refractivity (Wildman–Crippen MR) is 140 cm³/mol. The summed E-state index contributed by atoms with van der Waals surface area (Å²) in [5.74, 6) is 0.245. The number of benzene rings is 2. The van der Waals surface area contributed by atoms with Crippen LogP contribution in [0.5, 0.6) is 23.0 Å². The lowest BCUT2D eigenvalue weighted by atomic mass is 10.1. The molecule has 0 aliphatic carbocycles. The highest BCUT2D eigenvalue weighted by molar-refractivity contribution is 6.06. The maximum Gasteiger partial charge on any atom is 0.414 e. The van der Waals surface area contributed by atoms with Gasteiger partial charge in [-0.1, -0.05) is 12.2 Å². The van der Waals surface area contributed by atoms with E-state index in [0.29, 0.717) is 35.5 Å². The number of hydrogen-bond acceptors (Lipinski definition) is 8. The number of rotatable bonds is 9. The summed E-state index contributed by atoms with van der Waals surface area (Å²) in [5, 5.41) is 20.9. The number of aryl methyl sites for hydroxylation is 1. The van der Waals surface area contributed by atoms with Gasteiger partial charge in [0.25, 0.3) is 5.91 Å². The third kappa shape index (κ3) is 5.28. The summed E-state index contributed by atoms with van der Waals surface area (Å²) in [6.45, 7) is 6.25. The molecule has 2 aliphatic heterocycles. The molecule has 208 valence electrons. The molecule has 2 aliphatic rings. The van der Waals surface area contributed by atoms with Crippen LogP contribution in [0.4, 0.5) is 10.5 Å². The molecule has 39 heavy (non-hydrogen) atoms. The summed E-state index contributed by atoms with van der Waals surface area (Å²) in [5.41, 5.74) is 7.18. The average molecular weight is 542 g/mol. The van der Waals surface area contributed by atoms with Crippen LogP contribution in [-0.2, 0) is 0 Å². The smallest absolute Gasteiger partial charge is 0.414 e. The zero-order valence-corrected chi connectivity index (χ0v) is 21.9. The first kappa shape index (κ1) is 27.6. The summed E-state index contributed by atoms with van der Waals surface area (Å²) in [6.07, 6.45) is -2.18. The molecule has 1 saturated heterocycles. The average Bonchev–Trinajstić information content (AvgIpc) is 3.26. The second-order valence-corrected chi connectivity index (χ2v) is 9.27. The van der Waals surface area contributed by atoms with Gasteiger partial charge < -0.3 is 39.8 Å². The van der Waals surface area contributed by atoms with Gasteiger partial charge in [0.2, 0.25) is 5.91 Å². The van der Waals surface area contributed by atoms with Crippen molar-refractivity contribution >= 4 is 23.6 Å². The van der Waals surface area contributed by atoms with E-state index in [1.54, 1.807) is 13.0 Å². The number of primary amides is 1. The number of hydrogen-bond donors (Lipinski definition) is 3. The SMILES string of the molecule is C=C1C[C@H]2C(O)N(C(=O)O)c3cc(OCCCOc4cc(C)c(C(N)=O)cc4OC)c(OC)cc3C(=O)N2C1. The maximum atomic E-state index is 13.3. The number of aliphatic hydroxyl groups is 1. The van der Waals surface area contributed by atoms with Crippen LogP contribution >= 0.6 is 0 Å². The Morgan fingerprint density at radius 3 is 2.26 bits per heavy atom. The Morgan fingerprint density at radius 2 is 1.67 bits per heavy atom. The van der Waals surface area contributed by atoms with Crippen LogP contribution in [0.25, 0.3) is 0 Å². The van der Waals surface area contributed by atoms with Crippen LogP contribution in [0.2, 0.25) is 0 Å². The van der Waals surface area contributed by atoms with E-state index < -0.39 is 30.2 Å². The van der Waals surface area contributed by atoms with Gasteiger partial charge in [-0.05, 0) is 37.1 Å². The zero-order valence-electron chi connectivity index (χ0n) is 21.9. The van der Waals surface area contributed by atoms with Gasteiger partial charge in [0.15, 0.2) is 29.2 Å². The van der Waals surface area contributed by atoms with Crippen molar-refractivity contribution < 1.29 is 43.5 Å². The standard InChI is InChI=1S/C27H31N3O9/c1-14-8-19-26(33)30(27(34)35)18-12-23(21(37-4)11-17(18)25(32)29(19)13-14)39-7-5-6-38-22-9-15(2)16(24(28)31)10-20(22)36-3/h9-12,19,26,33H,1,5-8,13H2,2-4H3,(H2,28,31)(H,34,35)/t19-,26?/m0/s1. The molecule has 3 amide bonds. The van der Waals surface area contributed by atoms with Gasteiger partial charge >= 0.3 is 6.09 Å². The number of anilines is 1. The van der Waals surface area contributed by atoms with Crippen molar-refractivity contribution in [2.45, 2.75) is 32.0 Å². The van der Waals surface area contributed by atoms with E-state index >= 15 is 0 Å². The van der Waals surface area contributed by atoms with E-state index in [1.807, 2.05) is 0 Å². The Hall–Kier alpha value is -4.45. The van der Waals surface area contributed by atoms with E-state index in [-0.39, 0.29) is 42.5 Å². The molecule has 2 heterocycles. The van der Waals surface area contributed by atoms with Crippen LogP contribution in [0, 0.1) is 6.92 Å². The van der Waals surface area contributed by atoms with E-state index in [4.69, 9.17) is 24.7 Å². The summed E-state index contributed by atoms with van der Waals surface area (Å²) < 4.78 is 22.4. The third-order valence-corrected chi connectivity index (χ3v) is 6.72. The summed E-state index contributed by atoms with van der Waals surface area (Å²) in [7, 11) is 2.87. The lowest BCUT2D eigenvalue weighted by Gasteiger charge is -2.30. The van der Waals surface area contributed by atoms with Crippen molar-refractivity contribution in [3.8, 4) is 23.0 Å². The first-order valence-corrected chi connectivity index (χ1v) is 12.2. The third-order valence-electron chi connectivity index (χ3n) is 6.72. The van der Waals surface area contributed by atoms with Crippen molar-refractivity contribution in [2.24, 2.45) is 5.73 Å². The van der Waals surface area contributed by atoms with Gasteiger partial charge in [-0.3, -0.25) is 9.59 Å². The highest BCUT2D eigenvalue weighted by Gasteiger charge is 2.45. The predicted octanol–water partition coefficient (Wildman–Crippen LogP) is 2.55. The molecule has 0 saturated carbocycles. The number of ether oxygens (including phenoxy) is 4. The van der Waals surface area contributed by atoms with Crippen molar-refractivity contribution in [3.63, 3.8) is 0 Å². The van der Waals surface area contributed by atoms with Crippen LogP contribution in [0.15, 0.2) is 36.4 Å². The highest BCUT2D eigenvalue weighted by atomic mass is 16.5. The van der Waals surface area contributed by atoms with E-state index in [2.05, 4.69) is 6.58 Å². The molecule has 0 aromatic heterocycles. The van der Waals surface area contributed by atoms with E-state index in [0.717, 1.165) is 10.5 Å². The molecule has 2 aromatic carbocycles. The number of methoxy groups -OCH3 is 2. The minimum atomic E-state index is -1.49. The fourth-order valence-electron chi connectivity index (χ4n) is 4.82. The first-order chi connectivity index (χ1) is 18.6. The van der Waals surface area contributed by atoms with Crippen LogP contribution < -0.4 is 29.6 Å². The van der Waals surface area contributed by atoms with Crippen LogP contribution in [0.3, 0.4) is 0 Å². The Bertz CT molecular complexity index is 1330. The molecular weight excluding hydrogens is 510 g/mol. The van der Waals surface area contributed by atoms with Gasteiger partial charge in [-0.2, -0.15) is 0 Å². The van der Waals surface area contributed by atoms with E-state index in [9.17, 15) is 24.6 Å². The summed E-state index contributed by atoms with van der Waals surface area (Å²) in [4.78, 5) is 39.3. The molecule has 1 unspecified atom stereocenters. The van der Waals surface area contributed by atoms with Gasteiger partial charge in [0.1, 0.15) is 0 Å². The number of aliphatic hydroxyl groups excluding tert-OH is 1. The number of fused-ring (bicyclic) bond motifs is 2. The molecule has 0 radical (unpaired) electrons. The molecule has 1 fully saturated rings. The molecule has 2 aromatic rings. The molecule has 0 spiro atoms. The first-order valence-electron chi connectivity index (χ1n) is 12.2. The maximum absolute atomic E-state index is 13.3. The minimum absolute atomic E-state index is 0.00168. The molecule has 2 atom stereocenters. The Balaban J connectivity index is 1.51. The molecule has 4 rings (SSSR count). The molecule has 12 heteroatoms. The van der Waals surface area contributed by atoms with Crippen LogP contribution in [-0.4, -0.2) is 79.3 Å². The molecule has 0 bridgehead atoms. The lowest BCUT2D eigenvalue weighted by molar-refractivity contribution is 0.0511. The van der Waals surface area contributed by atoms with Crippen molar-refractivity contribution in [2.75, 3.05) is 38.9 Å². The number of carbonyl (C=O) groups is 3. The number of amides is 3. The summed E-state index contributed by atoms with van der Waals surface area (Å²) in [6, 6.07) is 5.24. The fraction of sp³-hybridized carbons (Fsp3) is 0.370. The topological polar surface area (TPSA) is 161 Å². The van der Waals surface area contributed by atoms with Crippen LogP contribution in [0.1, 0.15) is 39.1 Å². The normalized spacial score (nSPS) is 18.3. The molecule has 4 N–H and O–H groups in total. The van der Waals surface area contributed by atoms with E-state index in [1.165, 1.54) is 37.3 Å². The van der Waals surface area contributed by atoms with Gasteiger partial charge in [0, 0.05) is 24.6 Å². The second-order valence-electron chi connectivity index (χ2n) is 9.27. The number of carboxylic acid groups (broad SMARTS) is 1. The Labute approximate surface area is 225 Å². The monoisotopic (exact) mass is 541 g/mol. The Kier molecular flexibility index (Phi) is 7.86. The second kappa shape index (κ2) is 11.1. The summed E-state index contributed by atoms with van der Waals surface area (Å²) >= 11 is 0. The van der Waals surface area contributed by atoms with Crippen molar-refractivity contribution in [1.82, 2.24) is 4.90 Å². The largest absolute Gasteiger partial charge is 0.493 e. The Morgan fingerprint density at radius 1 is 1.05 bits per heavy atom. The van der Waals surface area contributed by atoms with Gasteiger partial charge in [-0.25, -0.2) is 9.69 Å². The molecular formula is C27H31N3O9. The van der Waals surface area contributed by atoms with Gasteiger partial charge in [0.05, 0.1) is 44.7 Å².